The molecule has 6 heteroatoms. The molecule has 0 unspecified atom stereocenters. The monoisotopic (exact) mass is 263 g/mol. The first kappa shape index (κ1) is 13.1. The minimum Gasteiger partial charge on any atom is -0.444 e. The highest BCUT2D eigenvalue weighted by molar-refractivity contribution is 5.94. The van der Waals surface area contributed by atoms with Gasteiger partial charge in [0.1, 0.15) is 11.6 Å². The van der Waals surface area contributed by atoms with Crippen LogP contribution in [0.1, 0.15) is 27.7 Å². The molecule has 1 heterocycles. The number of hydrogen-bond acceptors (Lipinski definition) is 4. The number of hydrogen-bond donors (Lipinski definition) is 2. The van der Waals surface area contributed by atoms with Crippen molar-refractivity contribution in [1.82, 2.24) is 10.3 Å². The normalized spacial score (nSPS) is 10.5. The number of anilines is 1. The summed E-state index contributed by atoms with van der Waals surface area (Å²) in [4.78, 5) is 15.9. The molecule has 2 aromatic rings. The fourth-order valence-corrected chi connectivity index (χ4v) is 1.54. The third-order valence-corrected chi connectivity index (χ3v) is 2.74. The minimum absolute atomic E-state index is 0.00972. The van der Waals surface area contributed by atoms with E-state index in [-0.39, 0.29) is 17.8 Å². The molecule has 0 spiro atoms. The van der Waals surface area contributed by atoms with E-state index in [1.165, 1.54) is 12.1 Å². The van der Waals surface area contributed by atoms with Crippen LogP contribution in [-0.4, -0.2) is 10.9 Å². The molecule has 0 fully saturated rings. The summed E-state index contributed by atoms with van der Waals surface area (Å²) < 4.78 is 18.5. The van der Waals surface area contributed by atoms with E-state index < -0.39 is 11.7 Å². The number of nitrogens with one attached hydrogen (secondary N) is 1. The van der Waals surface area contributed by atoms with Gasteiger partial charge in [0.2, 0.25) is 5.89 Å². The highest BCUT2D eigenvalue weighted by atomic mass is 19.1. The summed E-state index contributed by atoms with van der Waals surface area (Å²) in [7, 11) is 0. The van der Waals surface area contributed by atoms with Gasteiger partial charge in [-0.25, -0.2) is 9.37 Å². The first-order valence-electron chi connectivity index (χ1n) is 5.73. The largest absolute Gasteiger partial charge is 0.444 e. The number of oxazole rings is 1. The molecule has 0 bridgehead atoms. The van der Waals surface area contributed by atoms with Crippen LogP contribution < -0.4 is 11.1 Å². The number of nitrogens with two attached hydrogens (primary N) is 1. The van der Waals surface area contributed by atoms with Gasteiger partial charge in [0.15, 0.2) is 0 Å². The molecule has 0 aliphatic heterocycles. The standard InChI is InChI=1S/C13H14FN3O2/c1-7-8(2)19-12(17-7)6-16-13(18)9-3-4-11(15)10(14)5-9/h3-5H,6,15H2,1-2H3,(H,16,18). The van der Waals surface area contributed by atoms with E-state index >= 15 is 0 Å². The number of nitrogens with zero attached hydrogens (tertiary/aromatic N) is 1. The van der Waals surface area contributed by atoms with Crippen molar-refractivity contribution in [1.29, 1.82) is 0 Å². The van der Waals surface area contributed by atoms with Crippen LogP contribution in [0.4, 0.5) is 10.1 Å². The Hall–Kier alpha value is -2.37. The average Bonchev–Trinajstić information content (AvgIpc) is 2.69. The van der Waals surface area contributed by atoms with Crippen molar-refractivity contribution in [3.05, 3.63) is 46.9 Å². The molecule has 1 amide bonds. The van der Waals surface area contributed by atoms with E-state index in [0.29, 0.717) is 11.7 Å². The van der Waals surface area contributed by atoms with E-state index in [1.54, 1.807) is 6.92 Å². The van der Waals surface area contributed by atoms with E-state index in [1.807, 2.05) is 6.92 Å². The Morgan fingerprint density at radius 2 is 2.21 bits per heavy atom. The lowest BCUT2D eigenvalue weighted by Crippen LogP contribution is -2.23. The van der Waals surface area contributed by atoms with Crippen LogP contribution in [0.3, 0.4) is 0 Å². The van der Waals surface area contributed by atoms with Gasteiger partial charge in [0.25, 0.3) is 5.91 Å². The van der Waals surface area contributed by atoms with Crippen LogP contribution in [0.5, 0.6) is 0 Å². The van der Waals surface area contributed by atoms with Crippen molar-refractivity contribution >= 4 is 11.6 Å². The average molecular weight is 263 g/mol. The summed E-state index contributed by atoms with van der Waals surface area (Å²) in [5.74, 6) is 0.102. The van der Waals surface area contributed by atoms with Crippen LogP contribution in [0, 0.1) is 19.7 Å². The number of carbonyl (C=O) groups is 1. The molecule has 100 valence electrons. The van der Waals surface area contributed by atoms with Crippen molar-refractivity contribution in [2.45, 2.75) is 20.4 Å². The Labute approximate surface area is 109 Å². The molecule has 0 saturated carbocycles. The Bertz CT molecular complexity index is 603. The minimum atomic E-state index is -0.615. The molecular weight excluding hydrogens is 249 g/mol. The number of amides is 1. The van der Waals surface area contributed by atoms with Crippen LogP contribution in [-0.2, 0) is 6.54 Å². The molecule has 5 nitrogen and oxygen atoms in total. The molecule has 0 atom stereocenters. The maximum atomic E-state index is 13.2. The van der Waals surface area contributed by atoms with Crippen LogP contribution in [0.15, 0.2) is 22.6 Å². The van der Waals surface area contributed by atoms with E-state index in [2.05, 4.69) is 10.3 Å². The second kappa shape index (κ2) is 5.09. The van der Waals surface area contributed by atoms with Crippen molar-refractivity contribution < 1.29 is 13.6 Å². The fraction of sp³-hybridized carbons (Fsp3) is 0.231. The van der Waals surface area contributed by atoms with Crippen molar-refractivity contribution in [3.63, 3.8) is 0 Å². The molecule has 0 aliphatic carbocycles. The van der Waals surface area contributed by atoms with Gasteiger partial charge in [-0.1, -0.05) is 0 Å². The Kier molecular flexibility index (Phi) is 3.50. The molecule has 19 heavy (non-hydrogen) atoms. The fourth-order valence-electron chi connectivity index (χ4n) is 1.54. The summed E-state index contributed by atoms with van der Waals surface area (Å²) in [6, 6.07) is 3.90. The zero-order valence-corrected chi connectivity index (χ0v) is 10.7. The number of aryl methyl sites for hydroxylation is 2. The van der Waals surface area contributed by atoms with E-state index in [0.717, 1.165) is 11.8 Å². The Morgan fingerprint density at radius 3 is 2.79 bits per heavy atom. The Morgan fingerprint density at radius 1 is 1.47 bits per heavy atom. The first-order valence-corrected chi connectivity index (χ1v) is 5.73. The lowest BCUT2D eigenvalue weighted by molar-refractivity contribution is 0.0946. The molecule has 0 radical (unpaired) electrons. The lowest BCUT2D eigenvalue weighted by atomic mass is 10.2. The number of benzene rings is 1. The second-order valence-electron chi connectivity index (χ2n) is 4.17. The zero-order chi connectivity index (χ0) is 14.0. The second-order valence-corrected chi connectivity index (χ2v) is 4.17. The maximum Gasteiger partial charge on any atom is 0.251 e. The highest BCUT2D eigenvalue weighted by Crippen LogP contribution is 2.12. The number of halogens is 1. The molecule has 0 saturated heterocycles. The molecule has 3 N–H and O–H groups in total. The van der Waals surface area contributed by atoms with Gasteiger partial charge in [-0.3, -0.25) is 4.79 Å². The van der Waals surface area contributed by atoms with Gasteiger partial charge in [0.05, 0.1) is 17.9 Å². The van der Waals surface area contributed by atoms with Gasteiger partial charge in [0, 0.05) is 5.56 Å². The topological polar surface area (TPSA) is 81.2 Å². The zero-order valence-electron chi connectivity index (χ0n) is 10.7. The van der Waals surface area contributed by atoms with Gasteiger partial charge in [-0.15, -0.1) is 0 Å². The predicted octanol–water partition coefficient (Wildman–Crippen LogP) is 1.94. The third-order valence-electron chi connectivity index (χ3n) is 2.74. The molecule has 0 aliphatic rings. The van der Waals surface area contributed by atoms with Gasteiger partial charge in [-0.05, 0) is 32.0 Å². The smallest absolute Gasteiger partial charge is 0.251 e. The molecule has 1 aromatic carbocycles. The quantitative estimate of drug-likeness (QED) is 0.829. The first-order chi connectivity index (χ1) is 8.97. The van der Waals surface area contributed by atoms with E-state index in [9.17, 15) is 9.18 Å². The van der Waals surface area contributed by atoms with Crippen LogP contribution in [0.2, 0.25) is 0 Å². The molecular formula is C13H14FN3O2. The lowest BCUT2D eigenvalue weighted by Gasteiger charge is -2.04. The SMILES string of the molecule is Cc1nc(CNC(=O)c2ccc(N)c(F)c2)oc1C. The Balaban J connectivity index is 2.03. The number of aromatic nitrogens is 1. The van der Waals surface area contributed by atoms with Crippen molar-refractivity contribution in [2.24, 2.45) is 0 Å². The maximum absolute atomic E-state index is 13.2. The molecule has 2 rings (SSSR count). The van der Waals surface area contributed by atoms with Gasteiger partial charge in [-0.2, -0.15) is 0 Å². The van der Waals surface area contributed by atoms with Crippen molar-refractivity contribution in [2.75, 3.05) is 5.73 Å². The number of rotatable bonds is 3. The van der Waals surface area contributed by atoms with Crippen LogP contribution >= 0.6 is 0 Å². The highest BCUT2D eigenvalue weighted by Gasteiger charge is 2.10. The molecule has 1 aromatic heterocycles. The number of nitrogen functional groups attached to an aromatic ring is 1. The van der Waals surface area contributed by atoms with E-state index in [4.69, 9.17) is 10.2 Å². The van der Waals surface area contributed by atoms with Gasteiger partial charge >= 0.3 is 0 Å². The summed E-state index contributed by atoms with van der Waals surface area (Å²) in [5.41, 5.74) is 6.33. The summed E-state index contributed by atoms with van der Waals surface area (Å²) in [6.45, 7) is 3.77. The van der Waals surface area contributed by atoms with Gasteiger partial charge < -0.3 is 15.5 Å². The summed E-state index contributed by atoms with van der Waals surface area (Å²) >= 11 is 0. The predicted molar refractivity (Wildman–Crippen MR) is 68.0 cm³/mol. The van der Waals surface area contributed by atoms with Crippen LogP contribution in [0.25, 0.3) is 0 Å². The van der Waals surface area contributed by atoms with Crippen molar-refractivity contribution in [3.8, 4) is 0 Å². The third kappa shape index (κ3) is 2.90. The summed E-state index contributed by atoms with van der Waals surface area (Å²) in [5, 5.41) is 2.60. The number of carbonyl (C=O) groups excluding carboxylic acids is 1. The summed E-state index contributed by atoms with van der Waals surface area (Å²) in [6.07, 6.45) is 0.